The lowest BCUT2D eigenvalue weighted by atomic mass is 10.2. The van der Waals surface area contributed by atoms with Gasteiger partial charge < -0.3 is 0 Å². The Morgan fingerprint density at radius 2 is 1.68 bits per heavy atom. The van der Waals surface area contributed by atoms with Crippen molar-refractivity contribution in [2.24, 2.45) is 0 Å². The van der Waals surface area contributed by atoms with Gasteiger partial charge in [0.05, 0.1) is 0 Å². The first-order chi connectivity index (χ1) is 10.4. The van der Waals surface area contributed by atoms with Crippen molar-refractivity contribution >= 4 is 11.8 Å². The molecule has 114 valence electrons. The Bertz CT molecular complexity index is 675. The number of benzene rings is 1. The molecule has 1 aromatic carbocycles. The van der Waals surface area contributed by atoms with Crippen LogP contribution in [0.2, 0.25) is 0 Å². The van der Waals surface area contributed by atoms with Crippen LogP contribution in [0.4, 0.5) is 13.2 Å². The molecule has 2 N–H and O–H groups in total. The molecule has 2 rings (SSSR count). The number of carbonyl (C=O) groups is 2. The number of aromatic nitrogens is 1. The van der Waals surface area contributed by atoms with E-state index in [0.717, 1.165) is 36.5 Å². The Kier molecular flexibility index (Phi) is 4.40. The minimum Gasteiger partial charge on any atom is -0.267 e. The van der Waals surface area contributed by atoms with Crippen LogP contribution in [0.15, 0.2) is 48.7 Å². The van der Waals surface area contributed by atoms with Gasteiger partial charge in [-0.2, -0.15) is 8.78 Å². The normalized spacial score (nSPS) is 10.9. The molecule has 2 amide bonds. The third-order valence-electron chi connectivity index (χ3n) is 2.67. The van der Waals surface area contributed by atoms with Crippen LogP contribution in [0.1, 0.15) is 16.1 Å². The van der Waals surface area contributed by atoms with E-state index in [1.54, 1.807) is 5.43 Å². The quantitative estimate of drug-likeness (QED) is 0.849. The van der Waals surface area contributed by atoms with Gasteiger partial charge in [0, 0.05) is 11.8 Å². The summed E-state index contributed by atoms with van der Waals surface area (Å²) in [4.78, 5) is 26.5. The van der Waals surface area contributed by atoms with Gasteiger partial charge in [0.1, 0.15) is 11.5 Å². The number of carbonyl (C=O) groups excluding carboxylic acids is 2. The predicted molar refractivity (Wildman–Crippen MR) is 70.1 cm³/mol. The molecule has 0 unspecified atom stereocenters. The van der Waals surface area contributed by atoms with E-state index in [0.29, 0.717) is 0 Å². The lowest BCUT2D eigenvalue weighted by molar-refractivity contribution is -0.148. The molecular formula is C14H10F3N3O2. The maximum Gasteiger partial charge on any atom is 0.367 e. The second kappa shape index (κ2) is 6.25. The fourth-order valence-electron chi connectivity index (χ4n) is 1.53. The first-order valence-corrected chi connectivity index (χ1v) is 6.07. The maximum atomic E-state index is 13.8. The van der Waals surface area contributed by atoms with E-state index in [1.165, 1.54) is 12.1 Å². The second-order valence-electron chi connectivity index (χ2n) is 4.20. The number of amides is 2. The van der Waals surface area contributed by atoms with Crippen molar-refractivity contribution in [3.05, 3.63) is 65.7 Å². The first-order valence-electron chi connectivity index (χ1n) is 6.07. The number of rotatable bonds is 3. The van der Waals surface area contributed by atoms with Gasteiger partial charge in [0.15, 0.2) is 0 Å². The van der Waals surface area contributed by atoms with Gasteiger partial charge in [-0.25, -0.2) is 4.39 Å². The van der Waals surface area contributed by atoms with Crippen LogP contribution < -0.4 is 10.9 Å². The van der Waals surface area contributed by atoms with E-state index >= 15 is 0 Å². The molecule has 22 heavy (non-hydrogen) atoms. The molecule has 1 heterocycles. The number of pyridine rings is 1. The highest BCUT2D eigenvalue weighted by molar-refractivity contribution is 5.96. The van der Waals surface area contributed by atoms with Gasteiger partial charge in [-0.1, -0.05) is 6.07 Å². The van der Waals surface area contributed by atoms with Gasteiger partial charge in [-0.3, -0.25) is 25.4 Å². The highest BCUT2D eigenvalue weighted by Gasteiger charge is 2.42. The number of nitrogens with zero attached hydrogens (tertiary/aromatic N) is 1. The van der Waals surface area contributed by atoms with Crippen molar-refractivity contribution < 1.29 is 22.8 Å². The van der Waals surface area contributed by atoms with Crippen LogP contribution >= 0.6 is 0 Å². The molecule has 1 aromatic heterocycles. The molecule has 0 spiro atoms. The Labute approximate surface area is 123 Å². The number of hydrogen-bond acceptors (Lipinski definition) is 3. The van der Waals surface area contributed by atoms with E-state index in [2.05, 4.69) is 4.98 Å². The van der Waals surface area contributed by atoms with E-state index < -0.39 is 29.2 Å². The smallest absolute Gasteiger partial charge is 0.267 e. The summed E-state index contributed by atoms with van der Waals surface area (Å²) in [6, 6.07) is 8.07. The average Bonchev–Trinajstić information content (AvgIpc) is 2.53. The summed E-state index contributed by atoms with van der Waals surface area (Å²) in [7, 11) is 0. The highest BCUT2D eigenvalue weighted by atomic mass is 19.3. The topological polar surface area (TPSA) is 71.1 Å². The number of nitrogens with one attached hydrogen (secondary N) is 2. The lowest BCUT2D eigenvalue weighted by Crippen LogP contribution is -2.48. The fraction of sp³-hybridized carbons (Fsp3) is 0.0714. The molecule has 0 aliphatic heterocycles. The number of alkyl halides is 2. The molecule has 0 radical (unpaired) electrons. The Balaban J connectivity index is 2.00. The zero-order valence-electron chi connectivity index (χ0n) is 11.0. The maximum absolute atomic E-state index is 13.8. The van der Waals surface area contributed by atoms with E-state index in [9.17, 15) is 22.8 Å². The van der Waals surface area contributed by atoms with Crippen molar-refractivity contribution in [1.29, 1.82) is 0 Å². The molecular weight excluding hydrogens is 299 g/mol. The van der Waals surface area contributed by atoms with Crippen molar-refractivity contribution in [2.45, 2.75) is 5.92 Å². The van der Waals surface area contributed by atoms with Crippen molar-refractivity contribution in [3.8, 4) is 0 Å². The molecule has 0 aliphatic rings. The van der Waals surface area contributed by atoms with Gasteiger partial charge in [0.2, 0.25) is 0 Å². The third kappa shape index (κ3) is 3.40. The first kappa shape index (κ1) is 15.5. The van der Waals surface area contributed by atoms with Gasteiger partial charge in [0.25, 0.3) is 5.91 Å². The predicted octanol–water partition coefficient (Wildman–Crippen LogP) is 1.77. The van der Waals surface area contributed by atoms with Crippen LogP contribution in [0, 0.1) is 5.82 Å². The van der Waals surface area contributed by atoms with Crippen molar-refractivity contribution in [3.63, 3.8) is 0 Å². The number of hydrazine groups is 1. The third-order valence-corrected chi connectivity index (χ3v) is 2.67. The van der Waals surface area contributed by atoms with Crippen LogP contribution in [0.3, 0.4) is 0 Å². The van der Waals surface area contributed by atoms with Crippen molar-refractivity contribution in [2.75, 3.05) is 0 Å². The summed E-state index contributed by atoms with van der Waals surface area (Å²) < 4.78 is 40.3. The van der Waals surface area contributed by atoms with E-state index in [4.69, 9.17) is 0 Å². The number of halogens is 3. The Morgan fingerprint density at radius 3 is 2.27 bits per heavy atom. The van der Waals surface area contributed by atoms with E-state index in [-0.39, 0.29) is 5.56 Å². The summed E-state index contributed by atoms with van der Waals surface area (Å²) in [6.07, 6.45) is 1.12. The molecule has 0 atom stereocenters. The second-order valence-corrected chi connectivity index (χ2v) is 4.20. The molecule has 2 aromatic rings. The van der Waals surface area contributed by atoms with Crippen molar-refractivity contribution in [1.82, 2.24) is 15.8 Å². The highest BCUT2D eigenvalue weighted by Crippen LogP contribution is 2.25. The average molecular weight is 309 g/mol. The molecule has 0 fully saturated rings. The Hall–Kier alpha value is -2.90. The van der Waals surface area contributed by atoms with Gasteiger partial charge in [-0.15, -0.1) is 0 Å². The monoisotopic (exact) mass is 309 g/mol. The van der Waals surface area contributed by atoms with Crippen LogP contribution in [0.25, 0.3) is 0 Å². The molecule has 0 saturated heterocycles. The number of hydrogen-bond donors (Lipinski definition) is 2. The lowest BCUT2D eigenvalue weighted by Gasteiger charge is -2.15. The minimum atomic E-state index is -3.91. The van der Waals surface area contributed by atoms with E-state index in [1.807, 2.05) is 5.43 Å². The minimum absolute atomic E-state index is 0.00264. The van der Waals surface area contributed by atoms with Gasteiger partial charge >= 0.3 is 11.8 Å². The standard InChI is InChI=1S/C14H10F3N3O2/c15-10-6-4-9(5-7-10)12(21)19-20-13(22)14(16,17)11-3-1-2-8-18-11/h1-8H,(H,19,21)(H,20,22). The summed E-state index contributed by atoms with van der Waals surface area (Å²) in [5, 5.41) is 0. The summed E-state index contributed by atoms with van der Waals surface area (Å²) in [5.74, 6) is -7.05. The Morgan fingerprint density at radius 1 is 1.00 bits per heavy atom. The SMILES string of the molecule is O=C(NNC(=O)C(F)(F)c1ccccn1)c1ccc(F)cc1. The fourth-order valence-corrected chi connectivity index (χ4v) is 1.53. The zero-order chi connectivity index (χ0) is 16.2. The molecule has 0 bridgehead atoms. The largest absolute Gasteiger partial charge is 0.367 e. The van der Waals surface area contributed by atoms with Gasteiger partial charge in [-0.05, 0) is 36.4 Å². The summed E-state index contributed by atoms with van der Waals surface area (Å²) in [6.45, 7) is 0. The van der Waals surface area contributed by atoms with Crippen LogP contribution in [0.5, 0.6) is 0 Å². The molecule has 8 heteroatoms. The molecule has 5 nitrogen and oxygen atoms in total. The van der Waals surface area contributed by atoms with Crippen LogP contribution in [-0.2, 0) is 10.7 Å². The molecule has 0 aliphatic carbocycles. The summed E-state index contributed by atoms with van der Waals surface area (Å²) in [5.41, 5.74) is 2.69. The summed E-state index contributed by atoms with van der Waals surface area (Å²) >= 11 is 0. The zero-order valence-corrected chi connectivity index (χ0v) is 11.0. The van der Waals surface area contributed by atoms with Crippen LogP contribution in [-0.4, -0.2) is 16.8 Å². The molecule has 0 saturated carbocycles.